The lowest BCUT2D eigenvalue weighted by atomic mass is 10.1. The zero-order chi connectivity index (χ0) is 10.8. The average molecular weight is 224 g/mol. The lowest BCUT2D eigenvalue weighted by molar-refractivity contribution is 0.452. The molecule has 0 unspecified atom stereocenters. The van der Waals surface area contributed by atoms with Gasteiger partial charge in [-0.1, -0.05) is 23.7 Å². The van der Waals surface area contributed by atoms with Crippen molar-refractivity contribution in [2.75, 3.05) is 0 Å². The van der Waals surface area contributed by atoms with Crippen molar-refractivity contribution in [3.8, 4) is 11.1 Å². The molecule has 1 aromatic heterocycles. The predicted molar refractivity (Wildman–Crippen MR) is 56.0 cm³/mol. The van der Waals surface area contributed by atoms with Gasteiger partial charge in [-0.15, -0.1) is 0 Å². The molecule has 0 aliphatic carbocycles. The molecule has 2 aromatic rings. The molecule has 0 amide bonds. The van der Waals surface area contributed by atoms with Crippen LogP contribution in [0.2, 0.25) is 5.02 Å². The summed E-state index contributed by atoms with van der Waals surface area (Å²) < 4.78 is 4.39. The first-order chi connectivity index (χ1) is 7.16. The molecule has 1 heterocycles. The first-order valence-corrected chi connectivity index (χ1v) is 4.53. The van der Waals surface area contributed by atoms with Crippen molar-refractivity contribution < 1.29 is 4.42 Å². The van der Waals surface area contributed by atoms with E-state index in [0.717, 1.165) is 0 Å². The predicted octanol–water partition coefficient (Wildman–Crippen LogP) is 1.65. The molecule has 2 rings (SSSR count). The molecule has 5 heteroatoms. The van der Waals surface area contributed by atoms with Gasteiger partial charge in [-0.3, -0.25) is 4.98 Å². The normalized spacial score (nSPS) is 10.2. The minimum atomic E-state index is -0.766. The van der Waals surface area contributed by atoms with E-state index in [-0.39, 0.29) is 0 Å². The molecule has 15 heavy (non-hydrogen) atoms. The molecule has 4 nitrogen and oxygen atoms in total. The summed E-state index contributed by atoms with van der Waals surface area (Å²) in [5.41, 5.74) is 0.275. The summed E-state index contributed by atoms with van der Waals surface area (Å²) in [5, 5.41) is 0.576. The fraction of sp³-hybridized carbons (Fsp3) is 0. The second-order valence-electron chi connectivity index (χ2n) is 2.89. The van der Waals surface area contributed by atoms with Crippen LogP contribution in [0.4, 0.5) is 0 Å². The van der Waals surface area contributed by atoms with E-state index in [0.29, 0.717) is 16.1 Å². The van der Waals surface area contributed by atoms with E-state index in [2.05, 4.69) is 9.40 Å². The number of halogens is 1. The molecule has 0 aliphatic rings. The quantitative estimate of drug-likeness (QED) is 0.800. The third-order valence-electron chi connectivity index (χ3n) is 1.89. The number of benzene rings is 1. The number of rotatable bonds is 1. The lowest BCUT2D eigenvalue weighted by Crippen LogP contribution is -2.15. The van der Waals surface area contributed by atoms with Crippen LogP contribution < -0.4 is 11.4 Å². The van der Waals surface area contributed by atoms with Crippen LogP contribution in [-0.4, -0.2) is 4.98 Å². The SMILES string of the molecule is O=c1[nH]cc(-c2ccc(Cl)cc2)c(=O)o1. The number of aromatic nitrogens is 1. The summed E-state index contributed by atoms with van der Waals surface area (Å²) in [5.74, 6) is -0.766. The van der Waals surface area contributed by atoms with Gasteiger partial charge in [0.2, 0.25) is 0 Å². The summed E-state index contributed by atoms with van der Waals surface area (Å²) in [6.07, 6.45) is 1.32. The zero-order valence-corrected chi connectivity index (χ0v) is 8.25. The van der Waals surface area contributed by atoms with Gasteiger partial charge >= 0.3 is 11.4 Å². The van der Waals surface area contributed by atoms with Gasteiger partial charge in [0.1, 0.15) is 0 Å². The molecule has 76 valence electrons. The van der Waals surface area contributed by atoms with Crippen molar-refractivity contribution >= 4 is 11.6 Å². The summed E-state index contributed by atoms with van der Waals surface area (Å²) in [6, 6.07) is 6.66. The summed E-state index contributed by atoms with van der Waals surface area (Å²) in [6.45, 7) is 0. The van der Waals surface area contributed by atoms with Crippen LogP contribution in [0.25, 0.3) is 11.1 Å². The lowest BCUT2D eigenvalue weighted by Gasteiger charge is -1.98. The molecule has 0 aliphatic heterocycles. The van der Waals surface area contributed by atoms with E-state index in [4.69, 9.17) is 11.6 Å². The van der Waals surface area contributed by atoms with Crippen LogP contribution in [0.5, 0.6) is 0 Å². The van der Waals surface area contributed by atoms with E-state index in [1.807, 2.05) is 0 Å². The van der Waals surface area contributed by atoms with Crippen molar-refractivity contribution in [3.63, 3.8) is 0 Å². The minimum absolute atomic E-state index is 0.297. The second-order valence-corrected chi connectivity index (χ2v) is 3.32. The summed E-state index contributed by atoms with van der Waals surface area (Å²) in [7, 11) is 0. The first kappa shape index (κ1) is 9.73. The van der Waals surface area contributed by atoms with Crippen LogP contribution in [0.3, 0.4) is 0 Å². The Hall–Kier alpha value is -1.81. The van der Waals surface area contributed by atoms with Crippen LogP contribution in [-0.2, 0) is 0 Å². The highest BCUT2D eigenvalue weighted by molar-refractivity contribution is 6.30. The van der Waals surface area contributed by atoms with Crippen molar-refractivity contribution in [2.45, 2.75) is 0 Å². The molecule has 0 saturated heterocycles. The molecule has 0 fully saturated rings. The van der Waals surface area contributed by atoms with Crippen molar-refractivity contribution in [3.05, 3.63) is 56.5 Å². The summed E-state index contributed by atoms with van der Waals surface area (Å²) in [4.78, 5) is 24.3. The molecule has 0 bridgehead atoms. The van der Waals surface area contributed by atoms with E-state index in [9.17, 15) is 9.59 Å². The molecule has 0 spiro atoms. The zero-order valence-electron chi connectivity index (χ0n) is 7.49. The Balaban J connectivity index is 2.59. The topological polar surface area (TPSA) is 63.1 Å². The largest absolute Gasteiger partial charge is 0.419 e. The van der Waals surface area contributed by atoms with Crippen LogP contribution in [0.15, 0.2) is 44.5 Å². The monoisotopic (exact) mass is 223 g/mol. The van der Waals surface area contributed by atoms with Crippen LogP contribution in [0.1, 0.15) is 0 Å². The Bertz CT molecular complexity index is 583. The number of nitrogens with one attached hydrogen (secondary N) is 1. The molecule has 0 atom stereocenters. The number of aromatic amines is 1. The third kappa shape index (κ3) is 1.99. The van der Waals surface area contributed by atoms with Gasteiger partial charge in [-0.2, -0.15) is 0 Å². The summed E-state index contributed by atoms with van der Waals surface area (Å²) >= 11 is 5.70. The smallest absolute Gasteiger partial charge is 0.372 e. The van der Waals surface area contributed by atoms with Crippen LogP contribution in [0, 0.1) is 0 Å². The number of H-pyrrole nitrogens is 1. The molecule has 1 N–H and O–H groups in total. The van der Waals surface area contributed by atoms with E-state index in [1.54, 1.807) is 24.3 Å². The highest BCUT2D eigenvalue weighted by Gasteiger charge is 2.04. The minimum Gasteiger partial charge on any atom is -0.372 e. The van der Waals surface area contributed by atoms with Gasteiger partial charge < -0.3 is 4.42 Å². The molecular weight excluding hydrogens is 218 g/mol. The van der Waals surface area contributed by atoms with Crippen molar-refractivity contribution in [1.82, 2.24) is 4.98 Å². The Kier molecular flexibility index (Phi) is 2.43. The number of hydrogen-bond acceptors (Lipinski definition) is 3. The average Bonchev–Trinajstić information content (AvgIpc) is 2.20. The molecule has 0 saturated carbocycles. The molecular formula is C10H6ClNO3. The molecule has 0 radical (unpaired) electrons. The Morgan fingerprint density at radius 2 is 1.80 bits per heavy atom. The van der Waals surface area contributed by atoms with E-state index < -0.39 is 11.4 Å². The fourth-order valence-electron chi connectivity index (χ4n) is 1.19. The van der Waals surface area contributed by atoms with Gasteiger partial charge in [0.15, 0.2) is 0 Å². The van der Waals surface area contributed by atoms with Crippen molar-refractivity contribution in [1.29, 1.82) is 0 Å². The van der Waals surface area contributed by atoms with E-state index >= 15 is 0 Å². The van der Waals surface area contributed by atoms with Crippen LogP contribution >= 0.6 is 11.6 Å². The van der Waals surface area contributed by atoms with Crippen molar-refractivity contribution in [2.24, 2.45) is 0 Å². The highest BCUT2D eigenvalue weighted by atomic mass is 35.5. The van der Waals surface area contributed by atoms with E-state index in [1.165, 1.54) is 6.20 Å². The maximum Gasteiger partial charge on any atom is 0.419 e. The standard InChI is InChI=1S/C10H6ClNO3/c11-7-3-1-6(2-4-7)8-5-12-10(14)15-9(8)13/h1-5H,(H,12,14). The van der Waals surface area contributed by atoms with Gasteiger partial charge in [0, 0.05) is 11.2 Å². The maximum absolute atomic E-state index is 11.3. The van der Waals surface area contributed by atoms with Gasteiger partial charge in [-0.25, -0.2) is 9.59 Å². The fourth-order valence-corrected chi connectivity index (χ4v) is 1.32. The Labute approximate surface area is 89.1 Å². The van der Waals surface area contributed by atoms with Gasteiger partial charge in [0.05, 0.1) is 5.56 Å². The Morgan fingerprint density at radius 3 is 2.40 bits per heavy atom. The first-order valence-electron chi connectivity index (χ1n) is 4.15. The van der Waals surface area contributed by atoms with Gasteiger partial charge in [-0.05, 0) is 17.7 Å². The second kappa shape index (κ2) is 3.74. The van der Waals surface area contributed by atoms with Gasteiger partial charge in [0.25, 0.3) is 0 Å². The third-order valence-corrected chi connectivity index (χ3v) is 2.15. The number of hydrogen-bond donors (Lipinski definition) is 1. The highest BCUT2D eigenvalue weighted by Crippen LogP contribution is 2.16. The Morgan fingerprint density at radius 1 is 1.13 bits per heavy atom. The maximum atomic E-state index is 11.3. The molecule has 1 aromatic carbocycles.